The van der Waals surface area contributed by atoms with Gasteiger partial charge in [0.15, 0.2) is 9.84 Å². The molecule has 26 heavy (non-hydrogen) atoms. The van der Waals surface area contributed by atoms with Crippen molar-refractivity contribution in [1.82, 2.24) is 9.97 Å². The highest BCUT2D eigenvalue weighted by atomic mass is 32.2. The Morgan fingerprint density at radius 2 is 2.04 bits per heavy atom. The Morgan fingerprint density at radius 3 is 2.73 bits per heavy atom. The third-order valence-corrected chi connectivity index (χ3v) is 4.87. The molecule has 136 valence electrons. The number of anilines is 1. The van der Waals surface area contributed by atoms with Crippen LogP contribution in [0.2, 0.25) is 0 Å². The first kappa shape index (κ1) is 17.8. The van der Waals surface area contributed by atoms with E-state index in [-0.39, 0.29) is 10.7 Å². The molecular formula is C16H15FN4O4S. The molecule has 1 heterocycles. The van der Waals surface area contributed by atoms with Crippen LogP contribution < -0.4 is 5.32 Å². The minimum atomic E-state index is -3.74. The van der Waals surface area contributed by atoms with Crippen LogP contribution in [0.5, 0.6) is 0 Å². The van der Waals surface area contributed by atoms with E-state index in [0.717, 1.165) is 12.3 Å². The molecular weight excluding hydrogens is 363 g/mol. The van der Waals surface area contributed by atoms with Gasteiger partial charge in [-0.05, 0) is 30.3 Å². The molecule has 0 bridgehead atoms. The van der Waals surface area contributed by atoms with Crippen molar-refractivity contribution in [3.05, 3.63) is 58.2 Å². The van der Waals surface area contributed by atoms with Gasteiger partial charge >= 0.3 is 0 Å². The summed E-state index contributed by atoms with van der Waals surface area (Å²) in [6.45, 7) is 0.406. The number of benzene rings is 2. The van der Waals surface area contributed by atoms with E-state index in [2.05, 4.69) is 15.3 Å². The molecule has 8 nitrogen and oxygen atoms in total. The molecule has 2 aromatic carbocycles. The third-order valence-electron chi connectivity index (χ3n) is 3.74. The zero-order valence-corrected chi connectivity index (χ0v) is 14.5. The van der Waals surface area contributed by atoms with Crippen LogP contribution in [0, 0.1) is 15.9 Å². The molecule has 10 heteroatoms. The van der Waals surface area contributed by atoms with Crippen LogP contribution in [0.1, 0.15) is 5.82 Å². The second kappa shape index (κ2) is 6.71. The zero-order valence-electron chi connectivity index (χ0n) is 13.7. The summed E-state index contributed by atoms with van der Waals surface area (Å²) in [7, 11) is -3.74. The van der Waals surface area contributed by atoms with E-state index in [4.69, 9.17) is 0 Å². The van der Waals surface area contributed by atoms with E-state index in [0.29, 0.717) is 35.5 Å². The fourth-order valence-corrected chi connectivity index (χ4v) is 3.41. The Labute approximate surface area is 148 Å². The molecule has 0 fully saturated rings. The van der Waals surface area contributed by atoms with Crippen molar-refractivity contribution in [2.75, 3.05) is 18.1 Å². The molecule has 0 amide bonds. The van der Waals surface area contributed by atoms with Crippen LogP contribution in [-0.2, 0) is 16.3 Å². The topological polar surface area (TPSA) is 118 Å². The third kappa shape index (κ3) is 3.80. The predicted molar refractivity (Wildman–Crippen MR) is 94.5 cm³/mol. The number of aromatic nitrogens is 2. The highest BCUT2D eigenvalue weighted by Gasteiger charge is 2.22. The van der Waals surface area contributed by atoms with Gasteiger partial charge in [0.25, 0.3) is 5.69 Å². The minimum absolute atomic E-state index is 0.341. The molecule has 0 saturated heterocycles. The lowest BCUT2D eigenvalue weighted by molar-refractivity contribution is -0.387. The average Bonchev–Trinajstić information content (AvgIpc) is 2.95. The number of hydrogen-bond donors (Lipinski definition) is 2. The highest BCUT2D eigenvalue weighted by Crippen LogP contribution is 2.27. The number of fused-ring (bicyclic) bond motifs is 1. The van der Waals surface area contributed by atoms with Gasteiger partial charge in [-0.15, -0.1) is 0 Å². The number of nitrogens with zero attached hydrogens (tertiary/aromatic N) is 2. The Bertz CT molecular complexity index is 1090. The lowest BCUT2D eigenvalue weighted by Crippen LogP contribution is -2.08. The summed E-state index contributed by atoms with van der Waals surface area (Å²) in [6.07, 6.45) is 1.40. The maximum Gasteiger partial charge on any atom is 0.288 e. The first-order valence-corrected chi connectivity index (χ1v) is 9.50. The molecule has 1 aromatic heterocycles. The fraction of sp³-hybridized carbons (Fsp3) is 0.188. The van der Waals surface area contributed by atoms with Crippen molar-refractivity contribution in [3.8, 4) is 0 Å². The number of sulfone groups is 1. The second-order valence-electron chi connectivity index (χ2n) is 5.73. The summed E-state index contributed by atoms with van der Waals surface area (Å²) in [4.78, 5) is 17.2. The zero-order chi connectivity index (χ0) is 18.9. The lowest BCUT2D eigenvalue weighted by Gasteiger charge is -2.07. The number of imidazole rings is 1. The molecule has 0 aliphatic rings. The van der Waals surface area contributed by atoms with E-state index in [1.807, 2.05) is 0 Å². The van der Waals surface area contributed by atoms with Gasteiger partial charge in [0, 0.05) is 31.0 Å². The first-order chi connectivity index (χ1) is 12.2. The Kier molecular flexibility index (Phi) is 4.60. The van der Waals surface area contributed by atoms with Crippen molar-refractivity contribution in [2.45, 2.75) is 11.3 Å². The van der Waals surface area contributed by atoms with Crippen molar-refractivity contribution in [2.24, 2.45) is 0 Å². The van der Waals surface area contributed by atoms with E-state index in [1.54, 1.807) is 6.07 Å². The smallest absolute Gasteiger partial charge is 0.288 e. The minimum Gasteiger partial charge on any atom is -0.385 e. The number of nitro benzene ring substituents is 1. The molecule has 0 aliphatic carbocycles. The molecule has 0 radical (unpaired) electrons. The van der Waals surface area contributed by atoms with Crippen molar-refractivity contribution < 1.29 is 17.7 Å². The van der Waals surface area contributed by atoms with Crippen LogP contribution in [-0.4, -0.2) is 36.1 Å². The van der Waals surface area contributed by atoms with Crippen molar-refractivity contribution in [1.29, 1.82) is 0 Å². The van der Waals surface area contributed by atoms with Crippen LogP contribution in [0.15, 0.2) is 41.3 Å². The number of nitrogens with one attached hydrogen (secondary N) is 2. The summed E-state index contributed by atoms with van der Waals surface area (Å²) in [6, 6.07) is 8.10. The van der Waals surface area contributed by atoms with Crippen LogP contribution >= 0.6 is 0 Å². The van der Waals surface area contributed by atoms with E-state index < -0.39 is 20.4 Å². The summed E-state index contributed by atoms with van der Waals surface area (Å²) in [5, 5.41) is 14.0. The van der Waals surface area contributed by atoms with Crippen LogP contribution in [0.3, 0.4) is 0 Å². The number of H-pyrrole nitrogens is 1. The fourth-order valence-electron chi connectivity index (χ4n) is 2.55. The second-order valence-corrected chi connectivity index (χ2v) is 7.72. The molecule has 3 aromatic rings. The lowest BCUT2D eigenvalue weighted by atomic mass is 10.2. The number of halogens is 1. The summed E-state index contributed by atoms with van der Waals surface area (Å²) >= 11 is 0. The van der Waals surface area contributed by atoms with E-state index >= 15 is 0 Å². The predicted octanol–water partition coefficient (Wildman–Crippen LogP) is 2.67. The van der Waals surface area contributed by atoms with Crippen molar-refractivity contribution in [3.63, 3.8) is 0 Å². The average molecular weight is 378 g/mol. The highest BCUT2D eigenvalue weighted by molar-refractivity contribution is 7.90. The molecule has 0 atom stereocenters. The number of hydrogen-bond acceptors (Lipinski definition) is 6. The Morgan fingerprint density at radius 1 is 1.27 bits per heavy atom. The van der Waals surface area contributed by atoms with Gasteiger partial charge in [-0.25, -0.2) is 17.8 Å². The summed E-state index contributed by atoms with van der Waals surface area (Å²) in [5.74, 6) is 0.286. The molecule has 0 saturated carbocycles. The monoisotopic (exact) mass is 378 g/mol. The maximum absolute atomic E-state index is 13.2. The van der Waals surface area contributed by atoms with Gasteiger partial charge in [0.1, 0.15) is 16.5 Å². The van der Waals surface area contributed by atoms with Gasteiger partial charge in [-0.1, -0.05) is 0 Å². The van der Waals surface area contributed by atoms with Crippen molar-refractivity contribution >= 4 is 32.2 Å². The normalized spacial score (nSPS) is 11.6. The largest absolute Gasteiger partial charge is 0.385 e. The molecule has 0 unspecified atom stereocenters. The maximum atomic E-state index is 13.2. The Hall–Kier alpha value is -3.01. The Balaban J connectivity index is 1.74. The molecule has 3 rings (SSSR count). The van der Waals surface area contributed by atoms with E-state index in [9.17, 15) is 22.9 Å². The quantitative estimate of drug-likeness (QED) is 0.503. The number of aromatic amines is 1. The summed E-state index contributed by atoms with van der Waals surface area (Å²) < 4.78 is 36.7. The van der Waals surface area contributed by atoms with Crippen LogP contribution in [0.25, 0.3) is 11.0 Å². The molecule has 0 spiro atoms. The van der Waals surface area contributed by atoms with Gasteiger partial charge in [-0.2, -0.15) is 0 Å². The van der Waals surface area contributed by atoms with Gasteiger partial charge in [-0.3, -0.25) is 10.1 Å². The SMILES string of the molecule is CS(=O)(=O)c1cc(NCCc2nc3ccc(F)cc3[nH]2)ccc1[N+](=O)[O-]. The molecule has 0 aliphatic heterocycles. The first-order valence-electron chi connectivity index (χ1n) is 7.60. The van der Waals surface area contributed by atoms with E-state index in [1.165, 1.54) is 24.3 Å². The number of nitro groups is 1. The molecule has 2 N–H and O–H groups in total. The van der Waals surface area contributed by atoms with Gasteiger partial charge < -0.3 is 10.3 Å². The van der Waals surface area contributed by atoms with Gasteiger partial charge in [0.2, 0.25) is 0 Å². The van der Waals surface area contributed by atoms with Gasteiger partial charge in [0.05, 0.1) is 16.0 Å². The summed E-state index contributed by atoms with van der Waals surface area (Å²) in [5.41, 5.74) is 1.22. The number of rotatable bonds is 6. The van der Waals surface area contributed by atoms with Crippen LogP contribution in [0.4, 0.5) is 15.8 Å². The standard InChI is InChI=1S/C16H15FN4O4S/c1-26(24,25)15-9-11(3-5-14(15)21(22)23)18-7-6-16-19-12-4-2-10(17)8-13(12)20-16/h2-5,8-9,18H,6-7H2,1H3,(H,19,20).